The fourth-order valence-electron chi connectivity index (χ4n) is 3.17. The average Bonchev–Trinajstić information content (AvgIpc) is 3.29. The Hall–Kier alpha value is -4.17. The van der Waals surface area contributed by atoms with Crippen molar-refractivity contribution < 1.29 is 31.9 Å². The molecule has 2 N–H and O–H groups in total. The van der Waals surface area contributed by atoms with Crippen molar-refractivity contribution in [3.05, 3.63) is 53.2 Å². The van der Waals surface area contributed by atoms with E-state index >= 15 is 0 Å². The molecule has 0 saturated heterocycles. The van der Waals surface area contributed by atoms with Gasteiger partial charge in [-0.25, -0.2) is 9.07 Å². The number of nitrogens with zero attached hydrogens (tertiary/aromatic N) is 6. The molecule has 3 aromatic heterocycles. The molecule has 1 unspecified atom stereocenters. The van der Waals surface area contributed by atoms with Crippen LogP contribution in [0.5, 0.6) is 5.75 Å². The summed E-state index contributed by atoms with van der Waals surface area (Å²) in [6, 6.07) is 5.69. The fourth-order valence-corrected chi connectivity index (χ4v) is 3.17. The van der Waals surface area contributed by atoms with E-state index in [9.17, 15) is 27.2 Å². The van der Waals surface area contributed by atoms with Crippen molar-refractivity contribution in [2.24, 2.45) is 0 Å². The first-order valence-electron chi connectivity index (χ1n) is 11.1. The SMILES string of the molecule is CNC(=O)c1cn(CC(F)CCc2ccc(NC(=O)Cc3cc(OCC(F)(F)F)cc(C)n3)nn2)nn1. The van der Waals surface area contributed by atoms with Gasteiger partial charge >= 0.3 is 6.18 Å². The molecule has 3 rings (SSSR count). The molecule has 0 fully saturated rings. The van der Waals surface area contributed by atoms with Gasteiger partial charge in [0.2, 0.25) is 5.91 Å². The van der Waals surface area contributed by atoms with Gasteiger partial charge < -0.3 is 15.4 Å². The zero-order valence-corrected chi connectivity index (χ0v) is 19.9. The van der Waals surface area contributed by atoms with E-state index in [1.807, 2.05) is 0 Å². The molecule has 1 atom stereocenters. The number of alkyl halides is 4. The van der Waals surface area contributed by atoms with Crippen LogP contribution in [0, 0.1) is 6.92 Å². The van der Waals surface area contributed by atoms with Crippen molar-refractivity contribution in [1.82, 2.24) is 35.5 Å². The molecule has 198 valence electrons. The van der Waals surface area contributed by atoms with Crippen LogP contribution < -0.4 is 15.4 Å². The minimum absolute atomic E-state index is 0.0429. The van der Waals surface area contributed by atoms with Gasteiger partial charge in [-0.1, -0.05) is 5.21 Å². The van der Waals surface area contributed by atoms with E-state index < -0.39 is 30.8 Å². The number of pyridine rings is 1. The van der Waals surface area contributed by atoms with Gasteiger partial charge in [0, 0.05) is 24.9 Å². The van der Waals surface area contributed by atoms with Crippen molar-refractivity contribution in [3.8, 4) is 5.75 Å². The quantitative estimate of drug-likeness (QED) is 0.365. The Morgan fingerprint density at radius 3 is 2.59 bits per heavy atom. The Bertz CT molecular complexity index is 1220. The highest BCUT2D eigenvalue weighted by atomic mass is 19.4. The zero-order chi connectivity index (χ0) is 27.0. The summed E-state index contributed by atoms with van der Waals surface area (Å²) in [5, 5.41) is 20.2. The first kappa shape index (κ1) is 27.4. The number of hydrogen-bond acceptors (Lipinski definition) is 8. The Morgan fingerprint density at radius 2 is 1.92 bits per heavy atom. The maximum absolute atomic E-state index is 14.3. The van der Waals surface area contributed by atoms with Gasteiger partial charge in [0.15, 0.2) is 18.1 Å². The number of hydrogen-bond donors (Lipinski definition) is 2. The number of anilines is 1. The first-order chi connectivity index (χ1) is 17.5. The summed E-state index contributed by atoms with van der Waals surface area (Å²) in [4.78, 5) is 28.0. The highest BCUT2D eigenvalue weighted by Gasteiger charge is 2.28. The van der Waals surface area contributed by atoms with E-state index in [0.717, 1.165) is 0 Å². The third-order valence-corrected chi connectivity index (χ3v) is 4.81. The summed E-state index contributed by atoms with van der Waals surface area (Å²) in [5.41, 5.74) is 1.21. The molecule has 2 amide bonds. The molecule has 0 bridgehead atoms. The molecule has 0 spiro atoms. The summed E-state index contributed by atoms with van der Waals surface area (Å²) in [7, 11) is 1.45. The topological polar surface area (TPSA) is 137 Å². The lowest BCUT2D eigenvalue weighted by molar-refractivity contribution is -0.153. The molecule has 0 aromatic carbocycles. The summed E-state index contributed by atoms with van der Waals surface area (Å²) in [6.07, 6.45) is -4.24. The van der Waals surface area contributed by atoms with Crippen LogP contribution in [0.3, 0.4) is 0 Å². The summed E-state index contributed by atoms with van der Waals surface area (Å²) < 4.78 is 57.4. The number of carbonyl (C=O) groups is 2. The second kappa shape index (κ2) is 12.2. The lowest BCUT2D eigenvalue weighted by atomic mass is 10.1. The highest BCUT2D eigenvalue weighted by molar-refractivity contribution is 5.91. The van der Waals surface area contributed by atoms with Gasteiger partial charge in [-0.2, -0.15) is 18.3 Å². The van der Waals surface area contributed by atoms with E-state index in [4.69, 9.17) is 4.74 Å². The molecular weight excluding hydrogens is 500 g/mol. The van der Waals surface area contributed by atoms with Crippen molar-refractivity contribution in [2.75, 3.05) is 19.0 Å². The largest absolute Gasteiger partial charge is 0.484 e. The number of aromatic nitrogens is 6. The minimum atomic E-state index is -4.49. The predicted molar refractivity (Wildman–Crippen MR) is 122 cm³/mol. The van der Waals surface area contributed by atoms with Crippen LogP contribution in [0.4, 0.5) is 23.4 Å². The standard InChI is InChI=1S/C22H24F4N8O3/c1-13-7-17(37-12-22(24,25)26)8-16(28-13)9-20(35)29-19-6-5-15(30-32-19)4-3-14(23)10-34-11-18(31-33-34)21(36)27-2/h5-8,11,14H,3-4,9-10,12H2,1-2H3,(H,27,36)(H,29,32,35). The third kappa shape index (κ3) is 9.09. The number of carbonyl (C=O) groups excluding carboxylic acids is 2. The Kier molecular flexibility index (Phi) is 9.03. The van der Waals surface area contributed by atoms with E-state index in [0.29, 0.717) is 11.4 Å². The molecule has 0 radical (unpaired) electrons. The van der Waals surface area contributed by atoms with Gasteiger partial charge in [-0.15, -0.1) is 10.2 Å². The van der Waals surface area contributed by atoms with Crippen LogP contribution in [-0.4, -0.2) is 68.0 Å². The average molecular weight is 524 g/mol. The van der Waals surface area contributed by atoms with Gasteiger partial charge in [0.1, 0.15) is 11.9 Å². The summed E-state index contributed by atoms with van der Waals surface area (Å²) in [6.45, 7) is 0.0375. The molecule has 37 heavy (non-hydrogen) atoms. The maximum Gasteiger partial charge on any atom is 0.422 e. The molecule has 15 heteroatoms. The number of amides is 2. The molecule has 11 nitrogen and oxygen atoms in total. The Labute approximate surface area is 208 Å². The Balaban J connectivity index is 1.47. The van der Waals surface area contributed by atoms with Crippen LogP contribution >= 0.6 is 0 Å². The molecular formula is C22H24F4N8O3. The van der Waals surface area contributed by atoms with Gasteiger partial charge in [0.25, 0.3) is 5.91 Å². The number of ether oxygens (including phenoxy) is 1. The smallest absolute Gasteiger partial charge is 0.422 e. The van der Waals surface area contributed by atoms with Crippen LogP contribution in [0.15, 0.2) is 30.5 Å². The monoisotopic (exact) mass is 524 g/mol. The van der Waals surface area contributed by atoms with Crippen molar-refractivity contribution >= 4 is 17.6 Å². The molecule has 0 aliphatic heterocycles. The zero-order valence-electron chi connectivity index (χ0n) is 19.9. The van der Waals surface area contributed by atoms with Crippen molar-refractivity contribution in [3.63, 3.8) is 0 Å². The number of rotatable bonds is 11. The van der Waals surface area contributed by atoms with E-state index in [2.05, 4.69) is 36.1 Å². The lowest BCUT2D eigenvalue weighted by Crippen LogP contribution is -2.20. The lowest BCUT2D eigenvalue weighted by Gasteiger charge is -2.11. The van der Waals surface area contributed by atoms with Crippen LogP contribution in [0.2, 0.25) is 0 Å². The van der Waals surface area contributed by atoms with Crippen molar-refractivity contribution in [1.29, 1.82) is 0 Å². The van der Waals surface area contributed by atoms with E-state index in [1.54, 1.807) is 13.0 Å². The van der Waals surface area contributed by atoms with Gasteiger partial charge in [0.05, 0.1) is 30.6 Å². The number of aryl methyl sites for hydroxylation is 2. The number of nitrogens with one attached hydrogen (secondary N) is 2. The normalized spacial score (nSPS) is 12.2. The summed E-state index contributed by atoms with van der Waals surface area (Å²) in [5.74, 6) is -0.816. The maximum atomic E-state index is 14.3. The number of halogens is 4. The second-order valence-corrected chi connectivity index (χ2v) is 8.02. The van der Waals surface area contributed by atoms with Gasteiger partial charge in [-0.3, -0.25) is 14.6 Å². The fraction of sp³-hybridized carbons (Fsp3) is 0.409. The van der Waals surface area contributed by atoms with E-state index in [-0.39, 0.29) is 48.8 Å². The van der Waals surface area contributed by atoms with E-state index in [1.165, 1.54) is 36.1 Å². The molecule has 3 aromatic rings. The second-order valence-electron chi connectivity index (χ2n) is 8.02. The highest BCUT2D eigenvalue weighted by Crippen LogP contribution is 2.20. The van der Waals surface area contributed by atoms with Crippen LogP contribution in [0.25, 0.3) is 0 Å². The molecule has 3 heterocycles. The molecule has 0 aliphatic rings. The van der Waals surface area contributed by atoms with Gasteiger partial charge in [-0.05, 0) is 31.9 Å². The summed E-state index contributed by atoms with van der Waals surface area (Å²) >= 11 is 0. The van der Waals surface area contributed by atoms with Crippen LogP contribution in [0.1, 0.15) is 34.0 Å². The predicted octanol–water partition coefficient (Wildman–Crippen LogP) is 2.22. The molecule has 0 aliphatic carbocycles. The minimum Gasteiger partial charge on any atom is -0.484 e. The Morgan fingerprint density at radius 1 is 1.14 bits per heavy atom. The first-order valence-corrected chi connectivity index (χ1v) is 11.1. The van der Waals surface area contributed by atoms with Crippen molar-refractivity contribution in [2.45, 2.75) is 45.1 Å². The third-order valence-electron chi connectivity index (χ3n) is 4.81. The van der Waals surface area contributed by atoms with Crippen LogP contribution in [-0.2, 0) is 24.2 Å². The molecule has 0 saturated carbocycles.